The van der Waals surface area contributed by atoms with Gasteiger partial charge >= 0.3 is 5.97 Å². The number of rotatable bonds is 3. The first-order chi connectivity index (χ1) is 4.59. The van der Waals surface area contributed by atoms with Crippen LogP contribution >= 0.6 is 0 Å². The Labute approximate surface area is 58.8 Å². The fourth-order valence-corrected chi connectivity index (χ4v) is 0.391. The van der Waals surface area contributed by atoms with Crippen LogP contribution in [0.5, 0.6) is 0 Å². The van der Waals surface area contributed by atoms with Crippen LogP contribution in [0.1, 0.15) is 6.92 Å². The number of carboxylic acid groups (broad SMARTS) is 1. The van der Waals surface area contributed by atoms with Crippen LogP contribution in [-0.4, -0.2) is 23.9 Å². The maximum atomic E-state index is 10.3. The lowest BCUT2D eigenvalue weighted by Crippen LogP contribution is -2.13. The minimum atomic E-state index is -1.13. The molecule has 0 fully saturated rings. The summed E-state index contributed by atoms with van der Waals surface area (Å²) < 4.78 is 0. The first-order valence-corrected chi connectivity index (χ1v) is 2.60. The first-order valence-electron chi connectivity index (χ1n) is 2.60. The molecule has 0 aromatic rings. The highest BCUT2D eigenvalue weighted by atomic mass is 16.6. The van der Waals surface area contributed by atoms with Crippen LogP contribution in [0.4, 0.5) is 0 Å². The predicted octanol–water partition coefficient (Wildman–Crippen LogP) is 0.649. The van der Waals surface area contributed by atoms with Crippen molar-refractivity contribution in [2.45, 2.75) is 6.92 Å². The van der Waals surface area contributed by atoms with Crippen molar-refractivity contribution in [3.63, 3.8) is 0 Å². The fourth-order valence-electron chi connectivity index (χ4n) is 0.391. The van der Waals surface area contributed by atoms with Gasteiger partial charge < -0.3 is 9.94 Å². The van der Waals surface area contributed by atoms with Crippen LogP contribution in [0.25, 0.3) is 0 Å². The standard InChI is InChI=1S/C6H9NO3/c1-4(2)5(6(8)9)7-10-3/h1H2,2-3H3,(H,8,9)/b7-5-. The topological polar surface area (TPSA) is 58.9 Å². The van der Waals surface area contributed by atoms with E-state index >= 15 is 0 Å². The van der Waals surface area contributed by atoms with Gasteiger partial charge in [-0.05, 0) is 12.5 Å². The van der Waals surface area contributed by atoms with E-state index in [0.29, 0.717) is 5.57 Å². The van der Waals surface area contributed by atoms with Crippen molar-refractivity contribution in [1.29, 1.82) is 0 Å². The normalized spacial score (nSPS) is 10.8. The molecule has 0 aromatic heterocycles. The quantitative estimate of drug-likeness (QED) is 0.466. The molecule has 10 heavy (non-hydrogen) atoms. The van der Waals surface area contributed by atoms with E-state index in [2.05, 4.69) is 16.6 Å². The summed E-state index contributed by atoms with van der Waals surface area (Å²) in [5.41, 5.74) is 0.219. The van der Waals surface area contributed by atoms with Gasteiger partial charge in [0.05, 0.1) is 0 Å². The van der Waals surface area contributed by atoms with E-state index in [1.165, 1.54) is 7.11 Å². The third-order valence-corrected chi connectivity index (χ3v) is 0.789. The minimum Gasteiger partial charge on any atom is -0.476 e. The first kappa shape index (κ1) is 8.68. The molecule has 0 aromatic carbocycles. The molecule has 0 amide bonds. The second-order valence-corrected chi connectivity index (χ2v) is 1.71. The van der Waals surface area contributed by atoms with Crippen molar-refractivity contribution in [3.8, 4) is 0 Å². The van der Waals surface area contributed by atoms with Gasteiger partial charge in [-0.25, -0.2) is 4.79 Å². The van der Waals surface area contributed by atoms with Crippen LogP contribution < -0.4 is 0 Å². The van der Waals surface area contributed by atoms with Gasteiger partial charge in [0.1, 0.15) is 7.11 Å². The summed E-state index contributed by atoms with van der Waals surface area (Å²) in [4.78, 5) is 14.5. The van der Waals surface area contributed by atoms with Crippen molar-refractivity contribution in [2.75, 3.05) is 7.11 Å². The lowest BCUT2D eigenvalue weighted by molar-refractivity contribution is -0.129. The molecule has 0 heterocycles. The third-order valence-electron chi connectivity index (χ3n) is 0.789. The summed E-state index contributed by atoms with van der Waals surface area (Å²) in [5, 5.41) is 11.6. The van der Waals surface area contributed by atoms with Gasteiger partial charge in [0.15, 0.2) is 5.71 Å². The summed E-state index contributed by atoms with van der Waals surface area (Å²) in [6, 6.07) is 0. The Morgan fingerprint density at radius 2 is 2.20 bits per heavy atom. The highest BCUT2D eigenvalue weighted by molar-refractivity contribution is 6.42. The fraction of sp³-hybridized carbons (Fsp3) is 0.333. The van der Waals surface area contributed by atoms with Gasteiger partial charge in [-0.15, -0.1) is 0 Å². The van der Waals surface area contributed by atoms with E-state index in [4.69, 9.17) is 5.11 Å². The average molecular weight is 143 g/mol. The van der Waals surface area contributed by atoms with Gasteiger partial charge in [-0.3, -0.25) is 0 Å². The Kier molecular flexibility index (Phi) is 3.17. The molecule has 0 radical (unpaired) electrons. The molecule has 4 heteroatoms. The van der Waals surface area contributed by atoms with Crippen LogP contribution in [-0.2, 0) is 9.63 Å². The van der Waals surface area contributed by atoms with Crippen LogP contribution in [0.2, 0.25) is 0 Å². The van der Waals surface area contributed by atoms with Crippen molar-refractivity contribution in [3.05, 3.63) is 12.2 Å². The zero-order chi connectivity index (χ0) is 8.15. The molecule has 56 valence electrons. The summed E-state index contributed by atoms with van der Waals surface area (Å²) in [7, 11) is 1.28. The summed E-state index contributed by atoms with van der Waals surface area (Å²) in [6.07, 6.45) is 0. The average Bonchev–Trinajstić information content (AvgIpc) is 1.81. The molecule has 0 saturated carbocycles. The highest BCUT2D eigenvalue weighted by Gasteiger charge is 2.09. The third kappa shape index (κ3) is 2.30. The summed E-state index contributed by atoms with van der Waals surface area (Å²) >= 11 is 0. The molecule has 0 bridgehead atoms. The van der Waals surface area contributed by atoms with Crippen molar-refractivity contribution in [2.24, 2.45) is 5.16 Å². The maximum absolute atomic E-state index is 10.3. The molecule has 0 unspecified atom stereocenters. The second-order valence-electron chi connectivity index (χ2n) is 1.71. The van der Waals surface area contributed by atoms with Crippen LogP contribution in [0.3, 0.4) is 0 Å². The molecule has 0 saturated heterocycles. The number of oxime groups is 1. The number of carbonyl (C=O) groups is 1. The Morgan fingerprint density at radius 1 is 1.70 bits per heavy atom. The lowest BCUT2D eigenvalue weighted by atomic mass is 10.2. The van der Waals surface area contributed by atoms with Crippen molar-refractivity contribution in [1.82, 2.24) is 0 Å². The zero-order valence-corrected chi connectivity index (χ0v) is 5.92. The molecule has 1 N–H and O–H groups in total. The van der Waals surface area contributed by atoms with Crippen LogP contribution in [0.15, 0.2) is 17.3 Å². The van der Waals surface area contributed by atoms with Gasteiger partial charge in [0.2, 0.25) is 0 Å². The molecule has 0 spiro atoms. The maximum Gasteiger partial charge on any atom is 0.358 e. The van der Waals surface area contributed by atoms with Crippen molar-refractivity contribution >= 4 is 11.7 Å². The molecule has 4 nitrogen and oxygen atoms in total. The SMILES string of the molecule is C=C(C)/C(=N/OC)C(=O)O. The zero-order valence-electron chi connectivity index (χ0n) is 5.92. The van der Waals surface area contributed by atoms with E-state index in [9.17, 15) is 4.79 Å². The van der Waals surface area contributed by atoms with Crippen LogP contribution in [0, 0.1) is 0 Å². The Balaban J connectivity index is 4.42. The number of hydrogen-bond acceptors (Lipinski definition) is 3. The Bertz CT molecular complexity index is 167. The lowest BCUT2D eigenvalue weighted by Gasteiger charge is -1.96. The van der Waals surface area contributed by atoms with Gasteiger partial charge in [0, 0.05) is 0 Å². The molecule has 0 rings (SSSR count). The van der Waals surface area contributed by atoms with E-state index in [0.717, 1.165) is 0 Å². The Hall–Kier alpha value is -1.32. The van der Waals surface area contributed by atoms with Gasteiger partial charge in [-0.2, -0.15) is 0 Å². The molecular weight excluding hydrogens is 134 g/mol. The highest BCUT2D eigenvalue weighted by Crippen LogP contribution is 1.93. The smallest absolute Gasteiger partial charge is 0.358 e. The number of carboxylic acids is 1. The summed E-state index contributed by atoms with van der Waals surface area (Å²) in [5.74, 6) is -1.13. The second kappa shape index (κ2) is 3.66. The summed E-state index contributed by atoms with van der Waals surface area (Å²) in [6.45, 7) is 4.95. The molecule has 0 aliphatic carbocycles. The largest absolute Gasteiger partial charge is 0.476 e. The van der Waals surface area contributed by atoms with E-state index in [1.807, 2.05) is 0 Å². The minimum absolute atomic E-state index is 0.150. The van der Waals surface area contributed by atoms with E-state index in [-0.39, 0.29) is 5.71 Å². The predicted molar refractivity (Wildman–Crippen MR) is 36.9 cm³/mol. The molecule has 0 aliphatic heterocycles. The molecule has 0 aliphatic rings. The number of hydrogen-bond donors (Lipinski definition) is 1. The van der Waals surface area contributed by atoms with Gasteiger partial charge in [-0.1, -0.05) is 11.7 Å². The van der Waals surface area contributed by atoms with E-state index in [1.54, 1.807) is 6.92 Å². The Morgan fingerprint density at radius 3 is 2.30 bits per heavy atom. The van der Waals surface area contributed by atoms with E-state index < -0.39 is 5.97 Å². The van der Waals surface area contributed by atoms with Gasteiger partial charge in [0.25, 0.3) is 0 Å². The molecular formula is C6H9NO3. The molecule has 0 atom stereocenters. The number of aliphatic carboxylic acids is 1. The monoisotopic (exact) mass is 143 g/mol. The van der Waals surface area contributed by atoms with Crippen molar-refractivity contribution < 1.29 is 14.7 Å². The number of nitrogens with zero attached hydrogens (tertiary/aromatic N) is 1.